The minimum absolute atomic E-state index is 0.637. The lowest BCUT2D eigenvalue weighted by Crippen LogP contribution is -1.92. The number of nitrogens with zero attached hydrogens (tertiary/aromatic N) is 2. The Hall–Kier alpha value is -2.11. The third kappa shape index (κ3) is 2.97. The van der Waals surface area contributed by atoms with Crippen molar-refractivity contribution in [1.82, 2.24) is 0 Å². The molecule has 0 amide bonds. The van der Waals surface area contributed by atoms with E-state index in [1.54, 1.807) is 12.1 Å². The normalized spacial score (nSPS) is 11.1. The molecule has 0 atom stereocenters. The third-order valence-corrected chi connectivity index (χ3v) is 2.81. The van der Waals surface area contributed by atoms with Crippen molar-refractivity contribution >= 4 is 23.0 Å². The van der Waals surface area contributed by atoms with Gasteiger partial charge in [0.2, 0.25) is 0 Å². The minimum atomic E-state index is 0.637. The van der Waals surface area contributed by atoms with Crippen LogP contribution in [0, 0.1) is 11.3 Å². The number of hydrogen-bond donors (Lipinski definition) is 0. The first-order chi connectivity index (χ1) is 8.69. The predicted molar refractivity (Wildman–Crippen MR) is 74.5 cm³/mol. The van der Waals surface area contributed by atoms with Crippen LogP contribution in [0.15, 0.2) is 53.5 Å². The van der Waals surface area contributed by atoms with Gasteiger partial charge in [0.05, 0.1) is 17.3 Å². The van der Waals surface area contributed by atoms with Crippen molar-refractivity contribution in [3.8, 4) is 6.07 Å². The van der Waals surface area contributed by atoms with Gasteiger partial charge < -0.3 is 0 Å². The van der Waals surface area contributed by atoms with E-state index in [2.05, 4.69) is 11.1 Å². The van der Waals surface area contributed by atoms with E-state index in [-0.39, 0.29) is 0 Å². The molecule has 18 heavy (non-hydrogen) atoms. The first kappa shape index (κ1) is 12.3. The molecule has 0 spiro atoms. The van der Waals surface area contributed by atoms with E-state index >= 15 is 0 Å². The zero-order valence-corrected chi connectivity index (χ0v) is 10.6. The molecule has 3 heteroatoms. The summed E-state index contributed by atoms with van der Waals surface area (Å²) in [5, 5.41) is 9.43. The summed E-state index contributed by atoms with van der Waals surface area (Å²) < 4.78 is 0. The Morgan fingerprint density at radius 1 is 1.06 bits per heavy atom. The third-order valence-electron chi connectivity index (χ3n) is 2.56. The first-order valence-electron chi connectivity index (χ1n) is 5.50. The van der Waals surface area contributed by atoms with Gasteiger partial charge in [-0.2, -0.15) is 5.26 Å². The number of aliphatic imine (C=N–C) groups is 1. The molecular formula is C15H11ClN2. The maximum Gasteiger partial charge on any atom is 0.0991 e. The van der Waals surface area contributed by atoms with Gasteiger partial charge in [-0.25, -0.2) is 0 Å². The summed E-state index contributed by atoms with van der Waals surface area (Å²) in [4.78, 5) is 4.50. The molecule has 0 aliphatic heterocycles. The van der Waals surface area contributed by atoms with E-state index < -0.39 is 0 Å². The molecule has 0 fully saturated rings. The number of hydrogen-bond acceptors (Lipinski definition) is 2. The van der Waals surface area contributed by atoms with Crippen LogP contribution in [-0.4, -0.2) is 5.71 Å². The van der Waals surface area contributed by atoms with Gasteiger partial charge in [0.15, 0.2) is 0 Å². The van der Waals surface area contributed by atoms with Crippen LogP contribution >= 0.6 is 11.6 Å². The number of rotatable bonds is 2. The van der Waals surface area contributed by atoms with Crippen molar-refractivity contribution in [3.05, 3.63) is 64.7 Å². The molecule has 2 aromatic rings. The molecule has 0 radical (unpaired) electrons. The van der Waals surface area contributed by atoms with Gasteiger partial charge in [-0.3, -0.25) is 4.99 Å². The molecule has 0 N–H and O–H groups in total. The highest BCUT2D eigenvalue weighted by molar-refractivity contribution is 6.30. The van der Waals surface area contributed by atoms with Crippen molar-refractivity contribution < 1.29 is 0 Å². The van der Waals surface area contributed by atoms with Crippen LogP contribution in [0.4, 0.5) is 5.69 Å². The van der Waals surface area contributed by atoms with E-state index in [1.807, 2.05) is 43.3 Å². The zero-order valence-electron chi connectivity index (χ0n) is 9.89. The summed E-state index contributed by atoms with van der Waals surface area (Å²) in [6, 6.07) is 16.8. The van der Waals surface area contributed by atoms with Gasteiger partial charge in [0.1, 0.15) is 0 Å². The Labute approximate surface area is 111 Å². The Bertz CT molecular complexity index is 604. The molecule has 0 saturated carbocycles. The zero-order chi connectivity index (χ0) is 13.0. The Kier molecular flexibility index (Phi) is 3.76. The van der Waals surface area contributed by atoms with Crippen LogP contribution in [0.25, 0.3) is 0 Å². The molecule has 0 unspecified atom stereocenters. The van der Waals surface area contributed by atoms with E-state index in [0.717, 1.165) is 17.0 Å². The second-order valence-corrected chi connectivity index (χ2v) is 4.30. The molecule has 2 nitrogen and oxygen atoms in total. The fraction of sp³-hybridized carbons (Fsp3) is 0.0667. The van der Waals surface area contributed by atoms with Gasteiger partial charge in [0.25, 0.3) is 0 Å². The summed E-state index contributed by atoms with van der Waals surface area (Å²) in [6.45, 7) is 1.95. The molecule has 0 aliphatic carbocycles. The average molecular weight is 255 g/mol. The monoisotopic (exact) mass is 254 g/mol. The first-order valence-corrected chi connectivity index (χ1v) is 5.88. The predicted octanol–water partition coefficient (Wildman–Crippen LogP) is 4.35. The average Bonchev–Trinajstić information content (AvgIpc) is 2.40. The summed E-state index contributed by atoms with van der Waals surface area (Å²) in [7, 11) is 0. The summed E-state index contributed by atoms with van der Waals surface area (Å²) in [6.07, 6.45) is 0. The highest BCUT2D eigenvalue weighted by atomic mass is 35.5. The van der Waals surface area contributed by atoms with Crippen molar-refractivity contribution in [2.24, 2.45) is 4.99 Å². The largest absolute Gasteiger partial charge is 0.253 e. The van der Waals surface area contributed by atoms with Crippen LogP contribution in [0.2, 0.25) is 5.02 Å². The van der Waals surface area contributed by atoms with Crippen molar-refractivity contribution in [2.75, 3.05) is 0 Å². The molecule has 88 valence electrons. The quantitative estimate of drug-likeness (QED) is 0.734. The highest BCUT2D eigenvalue weighted by Gasteiger charge is 1.98. The summed E-state index contributed by atoms with van der Waals surface area (Å²) >= 11 is 5.84. The van der Waals surface area contributed by atoms with E-state index in [9.17, 15) is 0 Å². The van der Waals surface area contributed by atoms with E-state index in [0.29, 0.717) is 10.6 Å². The van der Waals surface area contributed by atoms with Gasteiger partial charge in [0, 0.05) is 10.7 Å². The minimum Gasteiger partial charge on any atom is -0.253 e. The Morgan fingerprint density at radius 3 is 2.22 bits per heavy atom. The fourth-order valence-electron chi connectivity index (χ4n) is 1.56. The lowest BCUT2D eigenvalue weighted by molar-refractivity contribution is 1.44. The van der Waals surface area contributed by atoms with Crippen LogP contribution in [0.5, 0.6) is 0 Å². The topological polar surface area (TPSA) is 36.1 Å². The molecular weight excluding hydrogens is 244 g/mol. The standard InChI is InChI=1S/C15H11ClN2/c1-11(13-4-6-14(16)7-5-13)18-15-8-2-12(10-17)3-9-15/h2-9H,1H3. The van der Waals surface area contributed by atoms with Gasteiger partial charge in [-0.05, 0) is 48.9 Å². The van der Waals surface area contributed by atoms with Crippen molar-refractivity contribution in [1.29, 1.82) is 5.26 Å². The molecule has 0 bridgehead atoms. The lowest BCUT2D eigenvalue weighted by atomic mass is 10.1. The summed E-state index contributed by atoms with van der Waals surface area (Å²) in [5.74, 6) is 0. The van der Waals surface area contributed by atoms with E-state index in [4.69, 9.17) is 16.9 Å². The molecule has 0 heterocycles. The van der Waals surface area contributed by atoms with Crippen molar-refractivity contribution in [3.63, 3.8) is 0 Å². The van der Waals surface area contributed by atoms with Crippen LogP contribution < -0.4 is 0 Å². The van der Waals surface area contributed by atoms with Gasteiger partial charge >= 0.3 is 0 Å². The Morgan fingerprint density at radius 2 is 1.67 bits per heavy atom. The maximum absolute atomic E-state index is 8.72. The molecule has 0 aliphatic rings. The van der Waals surface area contributed by atoms with Crippen LogP contribution in [-0.2, 0) is 0 Å². The van der Waals surface area contributed by atoms with Crippen LogP contribution in [0.3, 0.4) is 0 Å². The second-order valence-electron chi connectivity index (χ2n) is 3.86. The van der Waals surface area contributed by atoms with Crippen LogP contribution in [0.1, 0.15) is 18.1 Å². The number of benzene rings is 2. The second kappa shape index (κ2) is 5.48. The summed E-state index contributed by atoms with van der Waals surface area (Å²) in [5.41, 5.74) is 3.42. The van der Waals surface area contributed by atoms with Crippen molar-refractivity contribution in [2.45, 2.75) is 6.92 Å². The highest BCUT2D eigenvalue weighted by Crippen LogP contribution is 2.16. The number of nitriles is 1. The smallest absolute Gasteiger partial charge is 0.0991 e. The van der Waals surface area contributed by atoms with Gasteiger partial charge in [-0.15, -0.1) is 0 Å². The molecule has 2 rings (SSSR count). The van der Waals surface area contributed by atoms with Gasteiger partial charge in [-0.1, -0.05) is 23.7 Å². The lowest BCUT2D eigenvalue weighted by Gasteiger charge is -2.01. The maximum atomic E-state index is 8.72. The Balaban J connectivity index is 2.26. The number of halogens is 1. The molecule has 2 aromatic carbocycles. The fourth-order valence-corrected chi connectivity index (χ4v) is 1.69. The SMILES string of the molecule is CC(=Nc1ccc(C#N)cc1)c1ccc(Cl)cc1. The van der Waals surface area contributed by atoms with E-state index in [1.165, 1.54) is 0 Å². The molecule has 0 aromatic heterocycles. The molecule has 0 saturated heterocycles.